The maximum atomic E-state index is 5.43. The van der Waals surface area contributed by atoms with Crippen LogP contribution in [-0.4, -0.2) is 23.2 Å². The molecule has 1 fully saturated rings. The van der Waals surface area contributed by atoms with Crippen LogP contribution in [-0.2, 0) is 4.74 Å². The molecule has 3 heterocycles. The number of furan rings is 1. The van der Waals surface area contributed by atoms with E-state index in [4.69, 9.17) is 9.15 Å². The van der Waals surface area contributed by atoms with Gasteiger partial charge in [0.2, 0.25) is 5.71 Å². The Morgan fingerprint density at radius 2 is 2.38 bits per heavy atom. The maximum absolute atomic E-state index is 5.43. The van der Waals surface area contributed by atoms with Gasteiger partial charge in [-0.05, 0) is 28.8 Å². The first-order chi connectivity index (χ1) is 7.83. The minimum Gasteiger partial charge on any atom is -0.431 e. The number of rotatable bonds is 1. The van der Waals surface area contributed by atoms with Crippen molar-refractivity contribution in [3.63, 3.8) is 0 Å². The Hall–Kier alpha value is -0.940. The SMILES string of the molecule is Brc1cc2cnc(C3CCCOC3)nc2o1. The molecule has 0 N–H and O–H groups in total. The van der Waals surface area contributed by atoms with Gasteiger partial charge < -0.3 is 9.15 Å². The van der Waals surface area contributed by atoms with Crippen molar-refractivity contribution in [2.75, 3.05) is 13.2 Å². The molecule has 1 aliphatic rings. The summed E-state index contributed by atoms with van der Waals surface area (Å²) >= 11 is 3.29. The fourth-order valence-corrected chi connectivity index (χ4v) is 2.35. The maximum Gasteiger partial charge on any atom is 0.230 e. The average Bonchev–Trinajstić information content (AvgIpc) is 2.69. The summed E-state index contributed by atoms with van der Waals surface area (Å²) in [4.78, 5) is 8.80. The van der Waals surface area contributed by atoms with Gasteiger partial charge in [0, 0.05) is 24.8 Å². The van der Waals surface area contributed by atoms with Crippen LogP contribution in [0.1, 0.15) is 24.6 Å². The van der Waals surface area contributed by atoms with Crippen molar-refractivity contribution >= 4 is 27.0 Å². The van der Waals surface area contributed by atoms with Gasteiger partial charge in [0.15, 0.2) is 4.67 Å². The highest BCUT2D eigenvalue weighted by molar-refractivity contribution is 9.10. The molecule has 1 saturated heterocycles. The van der Waals surface area contributed by atoms with Gasteiger partial charge in [0.05, 0.1) is 12.0 Å². The van der Waals surface area contributed by atoms with Crippen LogP contribution >= 0.6 is 15.9 Å². The summed E-state index contributed by atoms with van der Waals surface area (Å²) in [7, 11) is 0. The number of hydrogen-bond donors (Lipinski definition) is 0. The van der Waals surface area contributed by atoms with Crippen LogP contribution in [0.3, 0.4) is 0 Å². The lowest BCUT2D eigenvalue weighted by Crippen LogP contribution is -2.17. The zero-order valence-electron chi connectivity index (χ0n) is 8.65. The van der Waals surface area contributed by atoms with Gasteiger partial charge in [-0.1, -0.05) is 0 Å². The smallest absolute Gasteiger partial charge is 0.230 e. The Morgan fingerprint density at radius 1 is 1.44 bits per heavy atom. The summed E-state index contributed by atoms with van der Waals surface area (Å²) in [5.74, 6) is 1.14. The van der Waals surface area contributed by atoms with E-state index in [0.717, 1.165) is 30.7 Å². The van der Waals surface area contributed by atoms with Gasteiger partial charge in [-0.25, -0.2) is 4.98 Å². The van der Waals surface area contributed by atoms with Gasteiger partial charge in [-0.3, -0.25) is 0 Å². The Balaban J connectivity index is 1.97. The summed E-state index contributed by atoms with van der Waals surface area (Å²) in [5.41, 5.74) is 0.641. The normalized spacial score (nSPS) is 21.4. The minimum atomic E-state index is 0.307. The van der Waals surface area contributed by atoms with Gasteiger partial charge in [-0.15, -0.1) is 0 Å². The van der Waals surface area contributed by atoms with Crippen molar-refractivity contribution in [1.29, 1.82) is 0 Å². The fourth-order valence-electron chi connectivity index (χ4n) is 1.95. The Labute approximate surface area is 101 Å². The van der Waals surface area contributed by atoms with E-state index < -0.39 is 0 Å². The lowest BCUT2D eigenvalue weighted by molar-refractivity contribution is 0.0781. The third kappa shape index (κ3) is 1.85. The molecule has 4 nitrogen and oxygen atoms in total. The summed E-state index contributed by atoms with van der Waals surface area (Å²) in [5, 5.41) is 0.923. The Bertz CT molecular complexity index is 506. The summed E-state index contributed by atoms with van der Waals surface area (Å²) in [6.45, 7) is 1.57. The van der Waals surface area contributed by atoms with Crippen LogP contribution in [0, 0.1) is 0 Å². The van der Waals surface area contributed by atoms with Crippen LogP contribution in [0.15, 0.2) is 21.3 Å². The lowest BCUT2D eigenvalue weighted by Gasteiger charge is -2.20. The van der Waals surface area contributed by atoms with E-state index >= 15 is 0 Å². The van der Waals surface area contributed by atoms with Crippen LogP contribution < -0.4 is 0 Å². The number of fused-ring (bicyclic) bond motifs is 1. The zero-order chi connectivity index (χ0) is 11.0. The molecular weight excluding hydrogens is 272 g/mol. The minimum absolute atomic E-state index is 0.307. The molecule has 0 saturated carbocycles. The lowest BCUT2D eigenvalue weighted by atomic mass is 10.0. The van der Waals surface area contributed by atoms with Gasteiger partial charge in [0.25, 0.3) is 0 Å². The standard InChI is InChI=1S/C11H11BrN2O2/c12-9-4-8-5-13-10(14-11(8)16-9)7-2-1-3-15-6-7/h4-5,7H,1-3,6H2. The van der Waals surface area contributed by atoms with Crippen molar-refractivity contribution in [1.82, 2.24) is 9.97 Å². The molecule has 1 aliphatic heterocycles. The highest BCUT2D eigenvalue weighted by Crippen LogP contribution is 2.26. The molecule has 1 atom stereocenters. The molecule has 0 aromatic carbocycles. The molecule has 0 radical (unpaired) electrons. The van der Waals surface area contributed by atoms with Gasteiger partial charge in [-0.2, -0.15) is 4.98 Å². The number of nitrogens with zero attached hydrogens (tertiary/aromatic N) is 2. The molecule has 16 heavy (non-hydrogen) atoms. The van der Waals surface area contributed by atoms with Crippen molar-refractivity contribution in [2.24, 2.45) is 0 Å². The monoisotopic (exact) mass is 282 g/mol. The van der Waals surface area contributed by atoms with E-state index in [0.29, 0.717) is 22.9 Å². The molecule has 3 rings (SSSR count). The van der Waals surface area contributed by atoms with Crippen molar-refractivity contribution in [2.45, 2.75) is 18.8 Å². The number of aromatic nitrogens is 2. The average molecular weight is 283 g/mol. The molecular formula is C11H11BrN2O2. The van der Waals surface area contributed by atoms with Crippen molar-refractivity contribution in [3.05, 3.63) is 22.8 Å². The molecule has 1 unspecified atom stereocenters. The number of halogens is 1. The van der Waals surface area contributed by atoms with Gasteiger partial charge >= 0.3 is 0 Å². The molecule has 0 bridgehead atoms. The van der Waals surface area contributed by atoms with Crippen molar-refractivity contribution in [3.8, 4) is 0 Å². The van der Waals surface area contributed by atoms with Gasteiger partial charge in [0.1, 0.15) is 5.82 Å². The van der Waals surface area contributed by atoms with E-state index in [1.807, 2.05) is 6.07 Å². The van der Waals surface area contributed by atoms with E-state index in [-0.39, 0.29) is 0 Å². The topological polar surface area (TPSA) is 48.2 Å². The first-order valence-corrected chi connectivity index (χ1v) is 6.12. The molecule has 5 heteroatoms. The third-order valence-corrected chi connectivity index (χ3v) is 3.18. The summed E-state index contributed by atoms with van der Waals surface area (Å²) < 4.78 is 11.5. The molecule has 2 aromatic rings. The first-order valence-electron chi connectivity index (χ1n) is 5.32. The Kier molecular flexibility index (Phi) is 2.65. The van der Waals surface area contributed by atoms with Crippen LogP contribution in [0.2, 0.25) is 0 Å². The summed E-state index contributed by atoms with van der Waals surface area (Å²) in [6.07, 6.45) is 3.97. The van der Waals surface area contributed by atoms with Crippen LogP contribution in [0.25, 0.3) is 11.1 Å². The van der Waals surface area contributed by atoms with E-state index in [9.17, 15) is 0 Å². The Morgan fingerprint density at radius 3 is 3.19 bits per heavy atom. The molecule has 2 aromatic heterocycles. The van der Waals surface area contributed by atoms with E-state index in [2.05, 4.69) is 25.9 Å². The molecule has 84 valence electrons. The van der Waals surface area contributed by atoms with E-state index in [1.165, 1.54) is 0 Å². The summed E-state index contributed by atoms with van der Waals surface area (Å²) in [6, 6.07) is 1.87. The highest BCUT2D eigenvalue weighted by atomic mass is 79.9. The predicted molar refractivity (Wildman–Crippen MR) is 62.3 cm³/mol. The van der Waals surface area contributed by atoms with E-state index in [1.54, 1.807) is 6.20 Å². The second-order valence-corrected chi connectivity index (χ2v) is 4.73. The molecule has 0 aliphatic carbocycles. The molecule has 0 spiro atoms. The number of ether oxygens (including phenoxy) is 1. The third-order valence-electron chi connectivity index (χ3n) is 2.79. The van der Waals surface area contributed by atoms with Crippen LogP contribution in [0.5, 0.6) is 0 Å². The predicted octanol–water partition coefficient (Wildman–Crippen LogP) is 2.88. The largest absolute Gasteiger partial charge is 0.431 e. The second-order valence-electron chi connectivity index (χ2n) is 3.95. The quantitative estimate of drug-likeness (QED) is 0.807. The molecule has 0 amide bonds. The zero-order valence-corrected chi connectivity index (χ0v) is 10.2. The second kappa shape index (κ2) is 4.14. The number of hydrogen-bond acceptors (Lipinski definition) is 4. The fraction of sp³-hybridized carbons (Fsp3) is 0.455. The highest BCUT2D eigenvalue weighted by Gasteiger charge is 2.19. The first kappa shape index (κ1) is 10.2. The van der Waals surface area contributed by atoms with Crippen LogP contribution in [0.4, 0.5) is 0 Å². The van der Waals surface area contributed by atoms with Crippen molar-refractivity contribution < 1.29 is 9.15 Å².